The Morgan fingerprint density at radius 2 is 2.17 bits per heavy atom. The predicted molar refractivity (Wildman–Crippen MR) is 83.7 cm³/mol. The van der Waals surface area contributed by atoms with Gasteiger partial charge >= 0.3 is 0 Å². The number of rotatable bonds is 3. The Balaban J connectivity index is 1.48. The summed E-state index contributed by atoms with van der Waals surface area (Å²) in [5.41, 5.74) is 1.68. The Hall–Kier alpha value is -2.21. The van der Waals surface area contributed by atoms with E-state index in [0.29, 0.717) is 23.4 Å². The Morgan fingerprint density at radius 3 is 2.91 bits per heavy atom. The van der Waals surface area contributed by atoms with Crippen LogP contribution in [0.1, 0.15) is 34.7 Å². The molecule has 0 N–H and O–H groups in total. The summed E-state index contributed by atoms with van der Waals surface area (Å²) in [5.74, 6) is 0.651. The molecule has 2 aliphatic rings. The van der Waals surface area contributed by atoms with Gasteiger partial charge in [0.05, 0.1) is 11.9 Å². The van der Waals surface area contributed by atoms with Gasteiger partial charge in [0, 0.05) is 37.9 Å². The standard InChI is InChI=1S/C17H20N4O2/c1-12-14(10-19-23-12)17(22)21-9-6-15-16(21)5-8-20(15)11-13-4-2-3-7-18-13/h2-4,7,10,15-16H,5-6,8-9,11H2,1H3/t15-,16-/m0/s1. The molecule has 1 amide bonds. The minimum Gasteiger partial charge on any atom is -0.361 e. The molecule has 120 valence electrons. The molecule has 0 aromatic carbocycles. The molecule has 6 nitrogen and oxygen atoms in total. The number of hydrogen-bond donors (Lipinski definition) is 0. The number of hydrogen-bond acceptors (Lipinski definition) is 5. The van der Waals surface area contributed by atoms with Crippen molar-refractivity contribution in [2.45, 2.75) is 38.4 Å². The molecule has 0 aliphatic carbocycles. The monoisotopic (exact) mass is 312 g/mol. The Labute approximate surface area is 135 Å². The molecule has 2 fully saturated rings. The number of likely N-dealkylation sites (tertiary alicyclic amines) is 2. The molecule has 0 spiro atoms. The van der Waals surface area contributed by atoms with E-state index in [1.165, 1.54) is 6.20 Å². The van der Waals surface area contributed by atoms with E-state index in [-0.39, 0.29) is 5.91 Å². The maximum Gasteiger partial charge on any atom is 0.259 e. The van der Waals surface area contributed by atoms with Crippen molar-refractivity contribution in [1.29, 1.82) is 0 Å². The van der Waals surface area contributed by atoms with Gasteiger partial charge in [-0.25, -0.2) is 0 Å². The molecular weight excluding hydrogens is 292 g/mol. The van der Waals surface area contributed by atoms with Crippen molar-refractivity contribution in [1.82, 2.24) is 19.9 Å². The summed E-state index contributed by atoms with van der Waals surface area (Å²) in [6.07, 6.45) is 5.41. The Bertz CT molecular complexity index is 700. The number of aryl methyl sites for hydroxylation is 1. The van der Waals surface area contributed by atoms with Crippen LogP contribution >= 0.6 is 0 Å². The minimum atomic E-state index is 0.0518. The molecule has 23 heavy (non-hydrogen) atoms. The van der Waals surface area contributed by atoms with Crippen LogP contribution in [0, 0.1) is 6.92 Å². The van der Waals surface area contributed by atoms with E-state index in [1.807, 2.05) is 23.2 Å². The summed E-state index contributed by atoms with van der Waals surface area (Å²) in [4.78, 5) is 21.6. The highest BCUT2D eigenvalue weighted by molar-refractivity contribution is 5.95. The van der Waals surface area contributed by atoms with Gasteiger partial charge in [-0.05, 0) is 31.9 Å². The lowest BCUT2D eigenvalue weighted by molar-refractivity contribution is 0.0730. The number of carbonyl (C=O) groups is 1. The molecule has 0 saturated carbocycles. The summed E-state index contributed by atoms with van der Waals surface area (Å²) < 4.78 is 5.04. The molecule has 4 heterocycles. The maximum atomic E-state index is 12.7. The molecule has 0 radical (unpaired) electrons. The summed E-state index contributed by atoms with van der Waals surface area (Å²) in [7, 11) is 0. The third-order valence-corrected chi connectivity index (χ3v) is 5.02. The molecule has 2 aromatic heterocycles. The highest BCUT2D eigenvalue weighted by atomic mass is 16.5. The number of fused-ring (bicyclic) bond motifs is 1. The van der Waals surface area contributed by atoms with Gasteiger partial charge in [0.15, 0.2) is 0 Å². The number of pyridine rings is 1. The van der Waals surface area contributed by atoms with Crippen LogP contribution in [0.2, 0.25) is 0 Å². The van der Waals surface area contributed by atoms with Crippen LogP contribution in [0.5, 0.6) is 0 Å². The second-order valence-corrected chi connectivity index (χ2v) is 6.30. The second-order valence-electron chi connectivity index (χ2n) is 6.30. The van der Waals surface area contributed by atoms with Crippen molar-refractivity contribution in [3.8, 4) is 0 Å². The van der Waals surface area contributed by atoms with E-state index >= 15 is 0 Å². The quantitative estimate of drug-likeness (QED) is 0.866. The average molecular weight is 312 g/mol. The summed E-state index contributed by atoms with van der Waals surface area (Å²) in [5, 5.41) is 3.73. The molecule has 6 heteroatoms. The van der Waals surface area contributed by atoms with Crippen LogP contribution < -0.4 is 0 Å². The third kappa shape index (κ3) is 2.53. The van der Waals surface area contributed by atoms with Crippen molar-refractivity contribution in [3.05, 3.63) is 47.6 Å². The first-order valence-corrected chi connectivity index (χ1v) is 8.10. The first kappa shape index (κ1) is 14.4. The molecule has 2 aliphatic heterocycles. The highest BCUT2D eigenvalue weighted by Crippen LogP contribution is 2.33. The Morgan fingerprint density at radius 1 is 1.30 bits per heavy atom. The van der Waals surface area contributed by atoms with E-state index < -0.39 is 0 Å². The van der Waals surface area contributed by atoms with Gasteiger partial charge in [0.1, 0.15) is 11.3 Å². The van der Waals surface area contributed by atoms with Crippen LogP contribution in [0.3, 0.4) is 0 Å². The van der Waals surface area contributed by atoms with E-state index in [4.69, 9.17) is 4.52 Å². The average Bonchev–Trinajstić information content (AvgIpc) is 3.25. The van der Waals surface area contributed by atoms with E-state index in [9.17, 15) is 4.79 Å². The van der Waals surface area contributed by atoms with E-state index in [1.54, 1.807) is 6.92 Å². The van der Waals surface area contributed by atoms with Gasteiger partial charge in [-0.15, -0.1) is 0 Å². The van der Waals surface area contributed by atoms with Gasteiger partial charge in [-0.1, -0.05) is 11.2 Å². The lowest BCUT2D eigenvalue weighted by Gasteiger charge is -2.25. The lowest BCUT2D eigenvalue weighted by Crippen LogP contribution is -2.39. The number of aromatic nitrogens is 2. The second kappa shape index (κ2) is 5.77. The molecule has 2 atom stereocenters. The molecule has 0 unspecified atom stereocenters. The number of carbonyl (C=O) groups excluding carboxylic acids is 1. The van der Waals surface area contributed by atoms with E-state index in [0.717, 1.165) is 38.2 Å². The van der Waals surface area contributed by atoms with Gasteiger partial charge < -0.3 is 9.42 Å². The van der Waals surface area contributed by atoms with Gasteiger partial charge in [0.2, 0.25) is 0 Å². The van der Waals surface area contributed by atoms with Crippen molar-refractivity contribution >= 4 is 5.91 Å². The first-order chi connectivity index (χ1) is 11.2. The minimum absolute atomic E-state index is 0.0518. The third-order valence-electron chi connectivity index (χ3n) is 5.02. The first-order valence-electron chi connectivity index (χ1n) is 8.10. The molecule has 0 bridgehead atoms. The zero-order valence-corrected chi connectivity index (χ0v) is 13.2. The summed E-state index contributed by atoms with van der Waals surface area (Å²) in [6, 6.07) is 6.75. The molecule has 4 rings (SSSR count). The lowest BCUT2D eigenvalue weighted by atomic mass is 10.1. The van der Waals surface area contributed by atoms with Crippen LogP contribution in [0.4, 0.5) is 0 Å². The number of amides is 1. The summed E-state index contributed by atoms with van der Waals surface area (Å²) >= 11 is 0. The summed E-state index contributed by atoms with van der Waals surface area (Å²) in [6.45, 7) is 4.46. The Kier molecular flexibility index (Phi) is 3.61. The largest absolute Gasteiger partial charge is 0.361 e. The maximum absolute atomic E-state index is 12.7. The van der Waals surface area contributed by atoms with Gasteiger partial charge in [-0.2, -0.15) is 0 Å². The fourth-order valence-corrected chi connectivity index (χ4v) is 3.88. The smallest absolute Gasteiger partial charge is 0.259 e. The van der Waals surface area contributed by atoms with Crippen molar-refractivity contribution < 1.29 is 9.32 Å². The van der Waals surface area contributed by atoms with Gasteiger partial charge in [-0.3, -0.25) is 14.7 Å². The van der Waals surface area contributed by atoms with Crippen LogP contribution in [-0.4, -0.2) is 51.0 Å². The molecule has 2 saturated heterocycles. The highest BCUT2D eigenvalue weighted by Gasteiger charge is 2.44. The van der Waals surface area contributed by atoms with Gasteiger partial charge in [0.25, 0.3) is 5.91 Å². The van der Waals surface area contributed by atoms with Crippen LogP contribution in [0.15, 0.2) is 35.1 Å². The molecule has 2 aromatic rings. The fraction of sp³-hybridized carbons (Fsp3) is 0.471. The molecular formula is C17H20N4O2. The van der Waals surface area contributed by atoms with Crippen LogP contribution in [-0.2, 0) is 6.54 Å². The predicted octanol–water partition coefficient (Wildman–Crippen LogP) is 1.87. The van der Waals surface area contributed by atoms with Crippen molar-refractivity contribution in [3.63, 3.8) is 0 Å². The van der Waals surface area contributed by atoms with Crippen molar-refractivity contribution in [2.75, 3.05) is 13.1 Å². The zero-order valence-electron chi connectivity index (χ0n) is 13.2. The zero-order chi connectivity index (χ0) is 15.8. The number of nitrogens with zero attached hydrogens (tertiary/aromatic N) is 4. The SMILES string of the molecule is Cc1oncc1C(=O)N1CC[C@H]2[C@@H]1CCN2Cc1ccccn1. The fourth-order valence-electron chi connectivity index (χ4n) is 3.88. The van der Waals surface area contributed by atoms with Crippen molar-refractivity contribution in [2.24, 2.45) is 0 Å². The van der Waals surface area contributed by atoms with E-state index in [2.05, 4.69) is 21.1 Å². The normalized spacial score (nSPS) is 24.1. The van der Waals surface area contributed by atoms with Crippen LogP contribution in [0.25, 0.3) is 0 Å². The topological polar surface area (TPSA) is 62.5 Å².